The molecule has 30 heavy (non-hydrogen) atoms. The van der Waals surface area contributed by atoms with E-state index < -0.39 is 0 Å². The maximum atomic E-state index is 12.3. The lowest BCUT2D eigenvalue weighted by Gasteiger charge is -2.03. The van der Waals surface area contributed by atoms with Crippen molar-refractivity contribution in [2.45, 2.75) is 19.8 Å². The molecule has 2 aromatic carbocycles. The molecule has 4 rings (SSSR count). The quantitative estimate of drug-likeness (QED) is 0.377. The van der Waals surface area contributed by atoms with Gasteiger partial charge in [0.25, 0.3) is 0 Å². The van der Waals surface area contributed by atoms with Gasteiger partial charge in [0, 0.05) is 34.4 Å². The molecule has 0 atom stereocenters. The summed E-state index contributed by atoms with van der Waals surface area (Å²) in [6.45, 7) is 1.96. The SMILES string of the molecule is Cc1ccc(C(=O)CCC(=O)Nc2nc3scc(-c4ccc(Cl)cc4Cl)n3n2)cc1. The number of hydrogen-bond acceptors (Lipinski definition) is 5. The van der Waals surface area contributed by atoms with Crippen LogP contribution in [0.4, 0.5) is 5.95 Å². The molecule has 0 aliphatic rings. The van der Waals surface area contributed by atoms with Gasteiger partial charge in [-0.2, -0.15) is 4.98 Å². The Morgan fingerprint density at radius 3 is 2.60 bits per heavy atom. The first-order valence-electron chi connectivity index (χ1n) is 9.10. The van der Waals surface area contributed by atoms with Gasteiger partial charge in [0.1, 0.15) is 0 Å². The van der Waals surface area contributed by atoms with E-state index in [4.69, 9.17) is 23.2 Å². The fourth-order valence-electron chi connectivity index (χ4n) is 2.92. The summed E-state index contributed by atoms with van der Waals surface area (Å²) in [4.78, 5) is 29.4. The van der Waals surface area contributed by atoms with Crippen LogP contribution in [0.25, 0.3) is 16.2 Å². The average molecular weight is 459 g/mol. The summed E-state index contributed by atoms with van der Waals surface area (Å²) in [5, 5.41) is 9.94. The minimum atomic E-state index is -0.320. The summed E-state index contributed by atoms with van der Waals surface area (Å²) in [6.07, 6.45) is 0.165. The van der Waals surface area contributed by atoms with Crippen molar-refractivity contribution < 1.29 is 9.59 Å². The molecule has 0 aliphatic carbocycles. The van der Waals surface area contributed by atoms with Gasteiger partial charge in [-0.15, -0.1) is 16.4 Å². The number of fused-ring (bicyclic) bond motifs is 1. The molecule has 0 unspecified atom stereocenters. The fraction of sp³-hybridized carbons (Fsp3) is 0.143. The zero-order valence-corrected chi connectivity index (χ0v) is 18.2. The van der Waals surface area contributed by atoms with Crippen molar-refractivity contribution in [2.75, 3.05) is 5.32 Å². The van der Waals surface area contributed by atoms with E-state index in [1.165, 1.54) is 11.3 Å². The molecule has 0 saturated heterocycles. The van der Waals surface area contributed by atoms with Crippen LogP contribution in [0.1, 0.15) is 28.8 Å². The molecule has 4 aromatic rings. The minimum absolute atomic E-state index is 0.0510. The summed E-state index contributed by atoms with van der Waals surface area (Å²) < 4.78 is 1.62. The Morgan fingerprint density at radius 1 is 1.10 bits per heavy atom. The van der Waals surface area contributed by atoms with Gasteiger partial charge in [0.2, 0.25) is 16.8 Å². The van der Waals surface area contributed by atoms with Gasteiger partial charge in [-0.25, -0.2) is 4.52 Å². The third-order valence-electron chi connectivity index (χ3n) is 4.49. The van der Waals surface area contributed by atoms with Crippen LogP contribution in [0.15, 0.2) is 47.8 Å². The molecule has 0 aliphatic heterocycles. The van der Waals surface area contributed by atoms with E-state index >= 15 is 0 Å². The molecule has 2 aromatic heterocycles. The summed E-state index contributed by atoms with van der Waals surface area (Å²) in [5.41, 5.74) is 3.19. The fourth-order valence-corrected chi connectivity index (χ4v) is 4.24. The number of rotatable bonds is 6. The summed E-state index contributed by atoms with van der Waals surface area (Å²) in [7, 11) is 0. The first-order valence-corrected chi connectivity index (χ1v) is 10.7. The number of carbonyl (C=O) groups is 2. The summed E-state index contributed by atoms with van der Waals surface area (Å²) in [5.74, 6) is -0.218. The molecule has 6 nitrogen and oxygen atoms in total. The number of benzene rings is 2. The Hall–Kier alpha value is -2.74. The van der Waals surface area contributed by atoms with Crippen LogP contribution in [-0.4, -0.2) is 26.3 Å². The zero-order valence-electron chi connectivity index (χ0n) is 15.9. The number of nitrogens with one attached hydrogen (secondary N) is 1. The first-order chi connectivity index (χ1) is 14.4. The third kappa shape index (κ3) is 4.38. The van der Waals surface area contributed by atoms with E-state index in [0.717, 1.165) is 16.8 Å². The number of carbonyl (C=O) groups excluding carboxylic acids is 2. The van der Waals surface area contributed by atoms with Gasteiger partial charge < -0.3 is 0 Å². The normalized spacial score (nSPS) is 11.0. The van der Waals surface area contributed by atoms with Gasteiger partial charge in [-0.3, -0.25) is 14.9 Å². The third-order valence-corrected chi connectivity index (χ3v) is 5.86. The molecule has 0 radical (unpaired) electrons. The number of amides is 1. The average Bonchev–Trinajstić information content (AvgIpc) is 3.27. The number of aromatic nitrogens is 3. The smallest absolute Gasteiger partial charge is 0.250 e. The Kier molecular flexibility index (Phi) is 5.85. The molecule has 0 fully saturated rings. The van der Waals surface area contributed by atoms with Gasteiger partial charge in [-0.05, 0) is 25.1 Å². The second kappa shape index (κ2) is 8.55. The number of anilines is 1. The van der Waals surface area contributed by atoms with Crippen molar-refractivity contribution in [3.8, 4) is 11.3 Å². The first kappa shape index (κ1) is 20.5. The number of hydrogen-bond donors (Lipinski definition) is 1. The number of halogens is 2. The molecule has 0 saturated carbocycles. The van der Waals surface area contributed by atoms with Crippen LogP contribution in [0.2, 0.25) is 10.0 Å². The largest absolute Gasteiger partial charge is 0.294 e. The van der Waals surface area contributed by atoms with Gasteiger partial charge in [0.05, 0.1) is 10.7 Å². The lowest BCUT2D eigenvalue weighted by Crippen LogP contribution is -2.14. The maximum Gasteiger partial charge on any atom is 0.250 e. The standard InChI is InChI=1S/C21H16Cl2N4O2S/c1-12-2-4-13(5-3-12)18(28)8-9-19(29)24-20-25-21-27(26-20)17(11-30-21)15-7-6-14(22)10-16(15)23/h2-7,10-11H,8-9H2,1H3,(H,24,26,29). The van der Waals surface area contributed by atoms with Crippen LogP contribution in [-0.2, 0) is 4.79 Å². The van der Waals surface area contributed by atoms with Crippen molar-refractivity contribution in [2.24, 2.45) is 0 Å². The monoisotopic (exact) mass is 458 g/mol. The van der Waals surface area contributed by atoms with E-state index in [-0.39, 0.29) is 30.5 Å². The molecule has 1 amide bonds. The van der Waals surface area contributed by atoms with Gasteiger partial charge in [-0.1, -0.05) is 53.0 Å². The van der Waals surface area contributed by atoms with Gasteiger partial charge >= 0.3 is 0 Å². The lowest BCUT2D eigenvalue weighted by molar-refractivity contribution is -0.116. The van der Waals surface area contributed by atoms with Crippen LogP contribution >= 0.6 is 34.5 Å². The minimum Gasteiger partial charge on any atom is -0.294 e. The Bertz CT molecular complexity index is 1250. The van der Waals surface area contributed by atoms with Crippen molar-refractivity contribution >= 4 is 57.1 Å². The number of Topliss-reactive ketones (excluding diaryl/α,β-unsaturated/α-hetero) is 1. The Morgan fingerprint density at radius 2 is 1.87 bits per heavy atom. The highest BCUT2D eigenvalue weighted by atomic mass is 35.5. The highest BCUT2D eigenvalue weighted by Gasteiger charge is 2.16. The predicted octanol–water partition coefficient (Wildman–Crippen LogP) is 5.67. The molecule has 152 valence electrons. The molecule has 9 heteroatoms. The topological polar surface area (TPSA) is 76.4 Å². The van der Waals surface area contributed by atoms with E-state index in [9.17, 15) is 9.59 Å². The highest BCUT2D eigenvalue weighted by molar-refractivity contribution is 7.15. The molecule has 2 heterocycles. The van der Waals surface area contributed by atoms with Gasteiger partial charge in [0.15, 0.2) is 5.78 Å². The van der Waals surface area contributed by atoms with Crippen LogP contribution in [0.5, 0.6) is 0 Å². The molecular formula is C21H16Cl2N4O2S. The van der Waals surface area contributed by atoms with Crippen LogP contribution < -0.4 is 5.32 Å². The van der Waals surface area contributed by atoms with E-state index in [0.29, 0.717) is 20.6 Å². The van der Waals surface area contributed by atoms with Crippen molar-refractivity contribution in [1.82, 2.24) is 14.6 Å². The van der Waals surface area contributed by atoms with Crippen molar-refractivity contribution in [3.63, 3.8) is 0 Å². The van der Waals surface area contributed by atoms with Crippen molar-refractivity contribution in [3.05, 3.63) is 69.0 Å². The number of aryl methyl sites for hydroxylation is 1. The second-order valence-corrected chi connectivity index (χ2v) is 8.39. The van der Waals surface area contributed by atoms with E-state index in [2.05, 4.69) is 15.4 Å². The number of ketones is 1. The van der Waals surface area contributed by atoms with Crippen LogP contribution in [0, 0.1) is 6.92 Å². The van der Waals surface area contributed by atoms with Crippen molar-refractivity contribution in [1.29, 1.82) is 0 Å². The lowest BCUT2D eigenvalue weighted by atomic mass is 10.1. The van der Waals surface area contributed by atoms with E-state index in [1.54, 1.807) is 28.8 Å². The molecule has 0 spiro atoms. The summed E-state index contributed by atoms with van der Waals surface area (Å²) in [6, 6.07) is 12.5. The number of nitrogens with zero attached hydrogens (tertiary/aromatic N) is 3. The summed E-state index contributed by atoms with van der Waals surface area (Å²) >= 11 is 13.6. The second-order valence-electron chi connectivity index (χ2n) is 6.71. The predicted molar refractivity (Wildman–Crippen MR) is 120 cm³/mol. The number of thiazole rings is 1. The highest BCUT2D eigenvalue weighted by Crippen LogP contribution is 2.33. The van der Waals surface area contributed by atoms with E-state index in [1.807, 2.05) is 30.5 Å². The molecular weight excluding hydrogens is 443 g/mol. The molecule has 0 bridgehead atoms. The zero-order chi connectivity index (χ0) is 21.3. The molecule has 1 N–H and O–H groups in total. The Balaban J connectivity index is 1.44. The van der Waals surface area contributed by atoms with Crippen LogP contribution in [0.3, 0.4) is 0 Å². The Labute approximate surface area is 186 Å². The maximum absolute atomic E-state index is 12.3.